The minimum absolute atomic E-state index is 0.0541. The molecule has 0 saturated carbocycles. The number of carbonyl (C=O) groups excluding carboxylic acids is 3. The van der Waals surface area contributed by atoms with E-state index in [1.165, 1.54) is 42.6 Å². The molecule has 1 aromatic carbocycles. The van der Waals surface area contributed by atoms with E-state index in [2.05, 4.69) is 20.3 Å². The summed E-state index contributed by atoms with van der Waals surface area (Å²) in [6.07, 6.45) is 2.43. The smallest absolute Gasteiger partial charge is 0.345 e. The molecule has 0 saturated heterocycles. The maximum atomic E-state index is 12.2. The van der Waals surface area contributed by atoms with Gasteiger partial charge in [0.15, 0.2) is 0 Å². The van der Waals surface area contributed by atoms with Crippen molar-refractivity contribution in [1.29, 1.82) is 0 Å². The molecule has 33 heavy (non-hydrogen) atoms. The number of amides is 1. The second-order valence-electron chi connectivity index (χ2n) is 7.03. The lowest BCUT2D eigenvalue weighted by Gasteiger charge is -2.13. The van der Waals surface area contributed by atoms with E-state index in [-0.39, 0.29) is 16.4 Å². The van der Waals surface area contributed by atoms with Gasteiger partial charge in [0.2, 0.25) is 10.0 Å². The molecule has 1 aromatic heterocycles. The van der Waals surface area contributed by atoms with Crippen LogP contribution in [-0.2, 0) is 19.6 Å². The molecule has 0 unspecified atom stereocenters. The van der Waals surface area contributed by atoms with Crippen LogP contribution in [-0.4, -0.2) is 57.6 Å². The summed E-state index contributed by atoms with van der Waals surface area (Å²) < 4.78 is 31.2. The Labute approximate surface area is 192 Å². The molecule has 12 heteroatoms. The Morgan fingerprint density at radius 2 is 1.73 bits per heavy atom. The highest BCUT2D eigenvalue weighted by molar-refractivity contribution is 7.89. The number of nitrogens with one attached hydrogen (secondary N) is 3. The van der Waals surface area contributed by atoms with Gasteiger partial charge in [-0.25, -0.2) is 13.2 Å². The quantitative estimate of drug-likeness (QED) is 0.144. The zero-order valence-electron chi connectivity index (χ0n) is 18.1. The second kappa shape index (κ2) is 12.7. The van der Waals surface area contributed by atoms with Gasteiger partial charge in [-0.3, -0.25) is 14.6 Å². The molecule has 1 atom stereocenters. The van der Waals surface area contributed by atoms with E-state index in [1.54, 1.807) is 0 Å². The van der Waals surface area contributed by atoms with Crippen LogP contribution in [0.15, 0.2) is 53.7 Å². The first-order chi connectivity index (χ1) is 15.7. The number of hydrogen-bond donors (Lipinski definition) is 4. The first-order valence-corrected chi connectivity index (χ1v) is 11.7. The van der Waals surface area contributed by atoms with E-state index in [0.717, 1.165) is 25.6 Å². The molecule has 0 aliphatic rings. The minimum Gasteiger partial charge on any atom is -0.389 e. The predicted octanol–water partition coefficient (Wildman–Crippen LogP) is 0.148. The Hall–Kier alpha value is -3.19. The lowest BCUT2D eigenvalue weighted by molar-refractivity contribution is -0.138. The van der Waals surface area contributed by atoms with Gasteiger partial charge >= 0.3 is 11.9 Å². The summed E-state index contributed by atoms with van der Waals surface area (Å²) in [5, 5.41) is 5.80. The van der Waals surface area contributed by atoms with Crippen LogP contribution in [0.2, 0.25) is 0 Å². The summed E-state index contributed by atoms with van der Waals surface area (Å²) in [7, 11) is -2.12. The molecule has 1 amide bonds. The van der Waals surface area contributed by atoms with Crippen molar-refractivity contribution in [3.8, 4) is 0 Å². The zero-order valence-corrected chi connectivity index (χ0v) is 18.9. The highest BCUT2D eigenvalue weighted by Gasteiger charge is 2.22. The molecule has 178 valence electrons. The van der Waals surface area contributed by atoms with Crippen molar-refractivity contribution in [3.63, 3.8) is 0 Å². The molecule has 0 aliphatic heterocycles. The van der Waals surface area contributed by atoms with Gasteiger partial charge in [0, 0.05) is 24.5 Å². The van der Waals surface area contributed by atoms with Crippen LogP contribution in [0.25, 0.3) is 0 Å². The lowest BCUT2D eigenvalue weighted by atomic mass is 10.1. The van der Waals surface area contributed by atoms with Crippen molar-refractivity contribution in [2.75, 3.05) is 20.1 Å². The van der Waals surface area contributed by atoms with Crippen LogP contribution in [0.1, 0.15) is 40.0 Å². The molecule has 0 fully saturated rings. The molecule has 5 N–H and O–H groups in total. The van der Waals surface area contributed by atoms with E-state index in [0.29, 0.717) is 12.1 Å². The number of aromatic nitrogens is 1. The SMILES string of the molecule is CNCCCCNC(=O)c1ccc(C(=O)OC(=O)C[C@@H](N)NS(=O)(=O)c2cccnc2)cc1. The van der Waals surface area contributed by atoms with Crippen molar-refractivity contribution >= 4 is 27.9 Å². The molecule has 0 radical (unpaired) electrons. The summed E-state index contributed by atoms with van der Waals surface area (Å²) >= 11 is 0. The molecular formula is C21H27N5O6S. The number of nitrogens with two attached hydrogens (primary N) is 1. The van der Waals surface area contributed by atoms with Gasteiger partial charge in [-0.1, -0.05) is 0 Å². The number of carbonyl (C=O) groups is 3. The molecule has 2 aromatic rings. The standard InChI is InChI=1S/C21H27N5O6S/c1-23-10-2-3-12-25-20(28)15-6-8-16(9-7-15)21(29)32-19(27)13-18(22)26-33(30,31)17-5-4-11-24-14-17/h4-9,11,14,18,23,26H,2-3,10,12-13,22H2,1H3,(H,25,28)/t18-/m0/s1. The van der Waals surface area contributed by atoms with Crippen molar-refractivity contribution < 1.29 is 27.5 Å². The van der Waals surface area contributed by atoms with Crippen LogP contribution in [0.5, 0.6) is 0 Å². The predicted molar refractivity (Wildman–Crippen MR) is 120 cm³/mol. The number of esters is 2. The molecule has 2 rings (SSSR count). The minimum atomic E-state index is -3.98. The average Bonchev–Trinajstić information content (AvgIpc) is 2.79. The summed E-state index contributed by atoms with van der Waals surface area (Å²) in [5.41, 5.74) is 6.08. The van der Waals surface area contributed by atoms with E-state index in [9.17, 15) is 22.8 Å². The summed E-state index contributed by atoms with van der Waals surface area (Å²) in [6, 6.07) is 8.35. The Bertz CT molecular complexity index is 1040. The second-order valence-corrected chi connectivity index (χ2v) is 8.74. The fraction of sp³-hybridized carbons (Fsp3) is 0.333. The normalized spacial score (nSPS) is 12.1. The maximum absolute atomic E-state index is 12.2. The number of pyridine rings is 1. The largest absolute Gasteiger partial charge is 0.389 e. The first-order valence-electron chi connectivity index (χ1n) is 10.2. The molecule has 1 heterocycles. The van der Waals surface area contributed by atoms with Gasteiger partial charge in [0.05, 0.1) is 18.2 Å². The fourth-order valence-electron chi connectivity index (χ4n) is 2.69. The van der Waals surface area contributed by atoms with Gasteiger partial charge < -0.3 is 21.1 Å². The molecular weight excluding hydrogens is 450 g/mol. The Balaban J connectivity index is 1.82. The molecule has 0 bridgehead atoms. The van der Waals surface area contributed by atoms with Gasteiger partial charge in [0.1, 0.15) is 4.90 Å². The summed E-state index contributed by atoms with van der Waals surface area (Å²) in [5.74, 6) is -2.23. The number of nitrogens with zero attached hydrogens (tertiary/aromatic N) is 1. The Morgan fingerprint density at radius 3 is 2.36 bits per heavy atom. The van der Waals surface area contributed by atoms with Crippen LogP contribution in [0.4, 0.5) is 0 Å². The lowest BCUT2D eigenvalue weighted by Crippen LogP contribution is -2.43. The van der Waals surface area contributed by atoms with Crippen LogP contribution in [0, 0.1) is 0 Å². The number of rotatable bonds is 12. The Morgan fingerprint density at radius 1 is 1.06 bits per heavy atom. The van der Waals surface area contributed by atoms with Crippen LogP contribution >= 0.6 is 0 Å². The topological polar surface area (TPSA) is 170 Å². The number of benzene rings is 1. The highest BCUT2D eigenvalue weighted by atomic mass is 32.2. The maximum Gasteiger partial charge on any atom is 0.345 e. The summed E-state index contributed by atoms with van der Waals surface area (Å²) in [6.45, 7) is 1.40. The highest BCUT2D eigenvalue weighted by Crippen LogP contribution is 2.09. The van der Waals surface area contributed by atoms with Crippen LogP contribution in [0.3, 0.4) is 0 Å². The third kappa shape index (κ3) is 8.69. The third-order valence-electron chi connectivity index (χ3n) is 4.37. The number of sulfonamides is 1. The zero-order chi connectivity index (χ0) is 24.3. The van der Waals surface area contributed by atoms with Gasteiger partial charge in [-0.15, -0.1) is 0 Å². The monoisotopic (exact) mass is 477 g/mol. The third-order valence-corrected chi connectivity index (χ3v) is 5.84. The number of unbranched alkanes of at least 4 members (excludes halogenated alkanes) is 1. The average molecular weight is 478 g/mol. The fourth-order valence-corrected chi connectivity index (χ4v) is 3.76. The first kappa shape index (κ1) is 26.1. The molecule has 0 spiro atoms. The number of hydrogen-bond acceptors (Lipinski definition) is 9. The molecule has 0 aliphatic carbocycles. The van der Waals surface area contributed by atoms with E-state index < -0.39 is 34.5 Å². The van der Waals surface area contributed by atoms with Gasteiger partial charge in [-0.2, -0.15) is 4.72 Å². The van der Waals surface area contributed by atoms with Crippen molar-refractivity contribution in [2.45, 2.75) is 30.3 Å². The van der Waals surface area contributed by atoms with Crippen LogP contribution < -0.4 is 21.1 Å². The number of ether oxygens (including phenoxy) is 1. The molecule has 11 nitrogen and oxygen atoms in total. The van der Waals surface area contributed by atoms with Gasteiger partial charge in [0.25, 0.3) is 5.91 Å². The van der Waals surface area contributed by atoms with E-state index >= 15 is 0 Å². The van der Waals surface area contributed by atoms with E-state index in [1.807, 2.05) is 7.05 Å². The Kier molecular flexibility index (Phi) is 10.1. The van der Waals surface area contributed by atoms with Crippen molar-refractivity contribution in [1.82, 2.24) is 20.3 Å². The van der Waals surface area contributed by atoms with Crippen molar-refractivity contribution in [3.05, 3.63) is 59.9 Å². The van der Waals surface area contributed by atoms with Crippen molar-refractivity contribution in [2.24, 2.45) is 5.73 Å². The van der Waals surface area contributed by atoms with E-state index in [4.69, 9.17) is 10.5 Å². The van der Waals surface area contributed by atoms with Gasteiger partial charge in [-0.05, 0) is 62.8 Å². The summed E-state index contributed by atoms with van der Waals surface area (Å²) in [4.78, 5) is 39.8.